The normalized spacial score (nSPS) is 27.6. The van der Waals surface area contributed by atoms with Gasteiger partial charge in [-0.25, -0.2) is 0 Å². The summed E-state index contributed by atoms with van der Waals surface area (Å²) in [5, 5.41) is 12.9. The first-order chi connectivity index (χ1) is 7.61. The maximum absolute atomic E-state index is 9.43. The predicted octanol–water partition coefficient (Wildman–Crippen LogP) is 2.73. The monoisotopic (exact) mass is 225 g/mol. The van der Waals surface area contributed by atoms with E-state index in [4.69, 9.17) is 0 Å². The number of allylic oxidation sites excluding steroid dienone is 2. The van der Waals surface area contributed by atoms with Crippen molar-refractivity contribution in [1.29, 1.82) is 0 Å². The van der Waals surface area contributed by atoms with Crippen molar-refractivity contribution in [3.8, 4) is 0 Å². The Balaban J connectivity index is 2.12. The highest BCUT2D eigenvalue weighted by atomic mass is 16.3. The number of hydrogen-bond donors (Lipinski definition) is 2. The van der Waals surface area contributed by atoms with E-state index in [1.807, 2.05) is 6.92 Å². The summed E-state index contributed by atoms with van der Waals surface area (Å²) in [5.41, 5.74) is 1.54. The summed E-state index contributed by atoms with van der Waals surface area (Å²) in [6, 6.07) is 0. The van der Waals surface area contributed by atoms with Crippen LogP contribution < -0.4 is 5.32 Å². The molecule has 0 heterocycles. The van der Waals surface area contributed by atoms with Crippen molar-refractivity contribution in [3.63, 3.8) is 0 Å². The summed E-state index contributed by atoms with van der Waals surface area (Å²) in [6.07, 6.45) is 6.57. The Hall–Kier alpha value is -0.340. The van der Waals surface area contributed by atoms with E-state index >= 15 is 0 Å². The van der Waals surface area contributed by atoms with E-state index in [9.17, 15) is 5.11 Å². The second-order valence-electron chi connectivity index (χ2n) is 5.35. The zero-order valence-corrected chi connectivity index (χ0v) is 11.0. The van der Waals surface area contributed by atoms with Gasteiger partial charge in [-0.05, 0) is 57.5 Å². The summed E-state index contributed by atoms with van der Waals surface area (Å²) in [5.74, 6) is 1.53. The van der Waals surface area contributed by atoms with E-state index in [0.29, 0.717) is 0 Å². The lowest BCUT2D eigenvalue weighted by Gasteiger charge is -2.25. The van der Waals surface area contributed by atoms with E-state index in [1.54, 1.807) is 5.57 Å². The van der Waals surface area contributed by atoms with Crippen LogP contribution in [0.3, 0.4) is 0 Å². The molecule has 1 aliphatic rings. The SMILES string of the molecule is CCC(O)CCNCC1CC(C)=CC(C)C1. The molecule has 3 unspecified atom stereocenters. The molecule has 1 rings (SSSR count). The molecule has 0 aliphatic heterocycles. The summed E-state index contributed by atoms with van der Waals surface area (Å²) in [7, 11) is 0. The van der Waals surface area contributed by atoms with Crippen LogP contribution in [0.1, 0.15) is 46.5 Å². The van der Waals surface area contributed by atoms with Crippen molar-refractivity contribution in [2.24, 2.45) is 11.8 Å². The highest BCUT2D eigenvalue weighted by Crippen LogP contribution is 2.27. The van der Waals surface area contributed by atoms with Gasteiger partial charge in [0.1, 0.15) is 0 Å². The molecule has 0 radical (unpaired) electrons. The van der Waals surface area contributed by atoms with Gasteiger partial charge in [-0.1, -0.05) is 25.5 Å². The van der Waals surface area contributed by atoms with Gasteiger partial charge in [0.2, 0.25) is 0 Å². The Morgan fingerprint density at radius 1 is 1.56 bits per heavy atom. The third-order valence-corrected chi connectivity index (χ3v) is 3.44. The lowest BCUT2D eigenvalue weighted by molar-refractivity contribution is 0.159. The van der Waals surface area contributed by atoms with Crippen LogP contribution in [-0.4, -0.2) is 24.3 Å². The second-order valence-corrected chi connectivity index (χ2v) is 5.35. The first-order valence-electron chi connectivity index (χ1n) is 6.67. The molecule has 2 nitrogen and oxygen atoms in total. The average molecular weight is 225 g/mol. The van der Waals surface area contributed by atoms with Gasteiger partial charge >= 0.3 is 0 Å². The van der Waals surface area contributed by atoms with Gasteiger partial charge < -0.3 is 10.4 Å². The van der Waals surface area contributed by atoms with E-state index in [2.05, 4.69) is 25.2 Å². The smallest absolute Gasteiger partial charge is 0.0549 e. The van der Waals surface area contributed by atoms with Crippen molar-refractivity contribution in [2.75, 3.05) is 13.1 Å². The molecule has 0 aromatic carbocycles. The second kappa shape index (κ2) is 7.08. The fourth-order valence-corrected chi connectivity index (χ4v) is 2.62. The Kier molecular flexibility index (Phi) is 6.07. The van der Waals surface area contributed by atoms with Crippen LogP contribution in [-0.2, 0) is 0 Å². The van der Waals surface area contributed by atoms with Gasteiger partial charge in [0.05, 0.1) is 6.10 Å². The van der Waals surface area contributed by atoms with E-state index in [-0.39, 0.29) is 6.10 Å². The van der Waals surface area contributed by atoms with Crippen LogP contribution >= 0.6 is 0 Å². The van der Waals surface area contributed by atoms with Crippen molar-refractivity contribution >= 4 is 0 Å². The molecule has 94 valence electrons. The third kappa shape index (κ3) is 5.13. The molecule has 0 aromatic heterocycles. The van der Waals surface area contributed by atoms with E-state index in [0.717, 1.165) is 37.8 Å². The Bertz CT molecular complexity index is 225. The average Bonchev–Trinajstić information content (AvgIpc) is 2.22. The first kappa shape index (κ1) is 13.7. The van der Waals surface area contributed by atoms with Crippen molar-refractivity contribution < 1.29 is 5.11 Å². The number of hydrogen-bond acceptors (Lipinski definition) is 2. The summed E-state index contributed by atoms with van der Waals surface area (Å²) in [4.78, 5) is 0. The van der Waals surface area contributed by atoms with Gasteiger partial charge in [-0.2, -0.15) is 0 Å². The Labute approximate surface area is 100 Å². The molecule has 2 N–H and O–H groups in total. The van der Waals surface area contributed by atoms with Gasteiger partial charge in [0, 0.05) is 0 Å². The third-order valence-electron chi connectivity index (χ3n) is 3.44. The number of aliphatic hydroxyl groups excluding tert-OH is 1. The van der Waals surface area contributed by atoms with E-state index in [1.165, 1.54) is 12.8 Å². The quantitative estimate of drug-likeness (QED) is 0.538. The Morgan fingerprint density at radius 2 is 2.31 bits per heavy atom. The summed E-state index contributed by atoms with van der Waals surface area (Å²) in [6.45, 7) is 8.62. The molecule has 0 aromatic rings. The minimum absolute atomic E-state index is 0.126. The molecule has 1 aliphatic carbocycles. The molecule has 3 atom stereocenters. The summed E-state index contributed by atoms with van der Waals surface area (Å²) >= 11 is 0. The van der Waals surface area contributed by atoms with Crippen LogP contribution in [0.4, 0.5) is 0 Å². The molecule has 0 fully saturated rings. The van der Waals surface area contributed by atoms with Crippen LogP contribution in [0, 0.1) is 11.8 Å². The van der Waals surface area contributed by atoms with Crippen LogP contribution in [0.25, 0.3) is 0 Å². The molecular weight excluding hydrogens is 198 g/mol. The fraction of sp³-hybridized carbons (Fsp3) is 0.857. The summed E-state index contributed by atoms with van der Waals surface area (Å²) < 4.78 is 0. The zero-order valence-electron chi connectivity index (χ0n) is 11.0. The van der Waals surface area contributed by atoms with Gasteiger partial charge in [-0.15, -0.1) is 0 Å². The minimum Gasteiger partial charge on any atom is -0.393 e. The highest BCUT2D eigenvalue weighted by Gasteiger charge is 2.17. The zero-order chi connectivity index (χ0) is 12.0. The van der Waals surface area contributed by atoms with Gasteiger partial charge in [-0.3, -0.25) is 0 Å². The molecule has 0 saturated heterocycles. The predicted molar refractivity (Wildman–Crippen MR) is 69.4 cm³/mol. The molecule has 0 bridgehead atoms. The fourth-order valence-electron chi connectivity index (χ4n) is 2.62. The van der Waals surface area contributed by atoms with Crippen LogP contribution in [0.5, 0.6) is 0 Å². The largest absolute Gasteiger partial charge is 0.393 e. The van der Waals surface area contributed by atoms with Crippen LogP contribution in [0.2, 0.25) is 0 Å². The maximum Gasteiger partial charge on any atom is 0.0549 e. The Morgan fingerprint density at radius 3 is 2.94 bits per heavy atom. The standard InChI is InChI=1S/C14H27NO/c1-4-14(16)5-6-15-10-13-8-11(2)7-12(3)9-13/h7,11,13-16H,4-6,8-10H2,1-3H3. The molecule has 0 spiro atoms. The van der Waals surface area contributed by atoms with Crippen molar-refractivity contribution in [2.45, 2.75) is 52.6 Å². The number of rotatable bonds is 6. The topological polar surface area (TPSA) is 32.3 Å². The molecule has 2 heteroatoms. The molecule has 0 amide bonds. The molecular formula is C14H27NO. The van der Waals surface area contributed by atoms with Gasteiger partial charge in [0.15, 0.2) is 0 Å². The first-order valence-corrected chi connectivity index (χ1v) is 6.67. The lowest BCUT2D eigenvalue weighted by atomic mass is 9.84. The number of aliphatic hydroxyl groups is 1. The van der Waals surface area contributed by atoms with Gasteiger partial charge in [0.25, 0.3) is 0 Å². The lowest BCUT2D eigenvalue weighted by Crippen LogP contribution is -2.28. The van der Waals surface area contributed by atoms with Crippen molar-refractivity contribution in [1.82, 2.24) is 5.32 Å². The highest BCUT2D eigenvalue weighted by molar-refractivity contribution is 5.06. The van der Waals surface area contributed by atoms with Crippen molar-refractivity contribution in [3.05, 3.63) is 11.6 Å². The van der Waals surface area contributed by atoms with Crippen LogP contribution in [0.15, 0.2) is 11.6 Å². The molecule has 16 heavy (non-hydrogen) atoms. The maximum atomic E-state index is 9.43. The van der Waals surface area contributed by atoms with E-state index < -0.39 is 0 Å². The molecule has 0 saturated carbocycles. The minimum atomic E-state index is -0.126. The number of nitrogens with one attached hydrogen (secondary N) is 1.